The lowest BCUT2D eigenvalue weighted by molar-refractivity contribution is -0.137. The van der Waals surface area contributed by atoms with Crippen LogP contribution in [-0.2, 0) is 17.5 Å². The Morgan fingerprint density at radius 2 is 1.67 bits per heavy atom. The van der Waals surface area contributed by atoms with Crippen molar-refractivity contribution in [2.24, 2.45) is 0 Å². The van der Waals surface area contributed by atoms with Crippen LogP contribution >= 0.6 is 0 Å². The number of nitrogens with zero attached hydrogens (tertiary/aromatic N) is 1. The largest absolute Gasteiger partial charge is 0.508 e. The minimum Gasteiger partial charge on any atom is -0.508 e. The molecule has 0 spiro atoms. The summed E-state index contributed by atoms with van der Waals surface area (Å²) in [5.74, 6) is -2.63. The Morgan fingerprint density at radius 3 is 2.36 bits per heavy atom. The average Bonchev–Trinajstić information content (AvgIpc) is 3.39. The van der Waals surface area contributed by atoms with Crippen molar-refractivity contribution in [1.29, 1.82) is 0 Å². The van der Waals surface area contributed by atoms with Gasteiger partial charge < -0.3 is 19.5 Å². The topological polar surface area (TPSA) is 91.0 Å². The number of phenols is 1. The molecule has 4 aromatic rings. The molecule has 1 aliphatic heterocycles. The molecule has 2 N–H and O–H groups in total. The van der Waals surface area contributed by atoms with Gasteiger partial charge in [0.2, 0.25) is 5.78 Å². The van der Waals surface area contributed by atoms with Crippen LogP contribution in [0.5, 0.6) is 5.75 Å². The van der Waals surface area contributed by atoms with E-state index in [0.717, 1.165) is 17.0 Å². The Labute approximate surface area is 202 Å². The first kappa shape index (κ1) is 23.2. The van der Waals surface area contributed by atoms with Crippen molar-refractivity contribution >= 4 is 22.7 Å². The van der Waals surface area contributed by atoms with Gasteiger partial charge in [-0.25, -0.2) is 0 Å². The molecular weight excluding hydrogens is 475 g/mol. The Balaban J connectivity index is 1.58. The number of carbonyl (C=O) groups is 2. The zero-order valence-electron chi connectivity index (χ0n) is 18.5. The Bertz CT molecular complexity index is 1490. The van der Waals surface area contributed by atoms with Crippen LogP contribution in [0.2, 0.25) is 0 Å². The average molecular weight is 493 g/mol. The molecule has 1 unspecified atom stereocenters. The van der Waals surface area contributed by atoms with Gasteiger partial charge in [0.05, 0.1) is 17.2 Å². The molecule has 0 saturated carbocycles. The van der Waals surface area contributed by atoms with Crippen molar-refractivity contribution < 1.29 is 37.4 Å². The lowest BCUT2D eigenvalue weighted by Gasteiger charge is -2.27. The second-order valence-corrected chi connectivity index (χ2v) is 8.37. The number of halogens is 3. The van der Waals surface area contributed by atoms with Crippen molar-refractivity contribution in [3.8, 4) is 5.75 Å². The summed E-state index contributed by atoms with van der Waals surface area (Å²) in [5.41, 5.74) is -0.184. The molecule has 0 aliphatic carbocycles. The van der Waals surface area contributed by atoms with Crippen molar-refractivity contribution in [2.75, 3.05) is 0 Å². The van der Waals surface area contributed by atoms with Gasteiger partial charge in [0.1, 0.15) is 11.3 Å². The van der Waals surface area contributed by atoms with E-state index in [1.807, 2.05) is 0 Å². The summed E-state index contributed by atoms with van der Waals surface area (Å²) in [7, 11) is 0. The molecule has 1 amide bonds. The fourth-order valence-corrected chi connectivity index (χ4v) is 4.32. The van der Waals surface area contributed by atoms with E-state index < -0.39 is 35.2 Å². The zero-order chi connectivity index (χ0) is 25.6. The minimum absolute atomic E-state index is 0.0640. The van der Waals surface area contributed by atoms with Gasteiger partial charge in [-0.1, -0.05) is 42.5 Å². The van der Waals surface area contributed by atoms with Crippen LogP contribution in [0.3, 0.4) is 0 Å². The van der Waals surface area contributed by atoms with E-state index in [0.29, 0.717) is 16.5 Å². The Hall–Kier alpha value is -4.53. The number of aliphatic hydroxyl groups is 1. The van der Waals surface area contributed by atoms with Gasteiger partial charge in [0, 0.05) is 11.9 Å². The van der Waals surface area contributed by atoms with Crippen molar-refractivity contribution in [1.82, 2.24) is 4.90 Å². The fraction of sp³-hybridized carbons (Fsp3) is 0.111. The number of furan rings is 1. The first-order chi connectivity index (χ1) is 17.1. The van der Waals surface area contributed by atoms with Crippen LogP contribution in [0.25, 0.3) is 11.0 Å². The molecule has 2 heterocycles. The summed E-state index contributed by atoms with van der Waals surface area (Å²) in [5, 5.41) is 21.1. The highest BCUT2D eigenvalue weighted by Crippen LogP contribution is 2.41. The summed E-state index contributed by atoms with van der Waals surface area (Å²) >= 11 is 0. The van der Waals surface area contributed by atoms with E-state index in [-0.39, 0.29) is 29.2 Å². The number of phenolic OH excluding ortho intramolecular Hbond substituents is 1. The van der Waals surface area contributed by atoms with Gasteiger partial charge in [-0.3, -0.25) is 9.59 Å². The molecule has 0 saturated heterocycles. The number of ketones is 1. The number of para-hydroxylation sites is 1. The number of hydrogen-bond acceptors (Lipinski definition) is 5. The van der Waals surface area contributed by atoms with Gasteiger partial charge in [-0.2, -0.15) is 13.2 Å². The highest BCUT2D eigenvalue weighted by molar-refractivity contribution is 6.16. The molecule has 36 heavy (non-hydrogen) atoms. The molecule has 1 aromatic heterocycles. The highest BCUT2D eigenvalue weighted by Gasteiger charge is 2.44. The predicted molar refractivity (Wildman–Crippen MR) is 123 cm³/mol. The third-order valence-corrected chi connectivity index (χ3v) is 6.01. The summed E-state index contributed by atoms with van der Waals surface area (Å²) in [4.78, 5) is 27.8. The van der Waals surface area contributed by atoms with Crippen molar-refractivity contribution in [3.05, 3.63) is 113 Å². The maximum Gasteiger partial charge on any atom is 0.416 e. The highest BCUT2D eigenvalue weighted by atomic mass is 19.4. The number of amides is 1. The van der Waals surface area contributed by atoms with Crippen LogP contribution in [0.4, 0.5) is 13.2 Å². The molecule has 0 fully saturated rings. The quantitative estimate of drug-likeness (QED) is 0.336. The van der Waals surface area contributed by atoms with Gasteiger partial charge in [-0.15, -0.1) is 0 Å². The predicted octanol–water partition coefficient (Wildman–Crippen LogP) is 5.94. The molecule has 1 atom stereocenters. The van der Waals surface area contributed by atoms with E-state index in [4.69, 9.17) is 4.42 Å². The molecule has 182 valence electrons. The van der Waals surface area contributed by atoms with Gasteiger partial charge in [-0.05, 0) is 47.5 Å². The maximum atomic E-state index is 13.5. The van der Waals surface area contributed by atoms with E-state index in [2.05, 4.69) is 0 Å². The van der Waals surface area contributed by atoms with Gasteiger partial charge in [0.25, 0.3) is 5.91 Å². The summed E-state index contributed by atoms with van der Waals surface area (Å²) in [6, 6.07) is 17.4. The lowest BCUT2D eigenvalue weighted by atomic mass is 9.94. The molecule has 9 heteroatoms. The third kappa shape index (κ3) is 4.08. The maximum absolute atomic E-state index is 13.5. The van der Waals surface area contributed by atoms with Gasteiger partial charge in [0.15, 0.2) is 11.5 Å². The molecule has 6 nitrogen and oxygen atoms in total. The number of Topliss-reactive ketones (excluding diaryl/α,β-unsaturated/α-hetero) is 1. The number of carbonyl (C=O) groups excluding carboxylic acids is 2. The number of alkyl halides is 3. The second kappa shape index (κ2) is 8.60. The van der Waals surface area contributed by atoms with Crippen LogP contribution in [0.15, 0.2) is 94.6 Å². The standard InChI is InChI=1S/C27H18F3NO5/c28-27(29,30)18-6-3-4-15(12-18)14-31-23(16-8-10-19(32)11-9-16)22(25(34)26(31)35)24(33)21-13-17-5-1-2-7-20(17)36-21/h1-13,23,32,34H,14H2. The molecule has 5 rings (SSSR count). The van der Waals surface area contributed by atoms with Crippen LogP contribution in [0, 0.1) is 0 Å². The number of benzene rings is 3. The SMILES string of the molecule is O=C(C1=C(O)C(=O)N(Cc2cccc(C(F)(F)F)c2)C1c1ccc(O)cc1)c1cc2ccccc2o1. The second-order valence-electron chi connectivity index (χ2n) is 8.37. The Kier molecular flexibility index (Phi) is 5.55. The summed E-state index contributed by atoms with van der Waals surface area (Å²) in [6.07, 6.45) is -4.58. The van der Waals surface area contributed by atoms with E-state index in [9.17, 15) is 33.0 Å². The number of fused-ring (bicyclic) bond motifs is 1. The van der Waals surface area contributed by atoms with Crippen molar-refractivity contribution in [2.45, 2.75) is 18.8 Å². The van der Waals surface area contributed by atoms with Crippen LogP contribution < -0.4 is 0 Å². The Morgan fingerprint density at radius 1 is 0.944 bits per heavy atom. The summed E-state index contributed by atoms with van der Waals surface area (Å²) < 4.78 is 45.4. The smallest absolute Gasteiger partial charge is 0.416 e. The number of aromatic hydroxyl groups is 1. The van der Waals surface area contributed by atoms with E-state index in [1.54, 1.807) is 24.3 Å². The molecule has 1 aliphatic rings. The van der Waals surface area contributed by atoms with Crippen LogP contribution in [0.1, 0.15) is 33.3 Å². The van der Waals surface area contributed by atoms with E-state index in [1.165, 1.54) is 42.5 Å². The van der Waals surface area contributed by atoms with Crippen LogP contribution in [-0.4, -0.2) is 26.8 Å². The van der Waals surface area contributed by atoms with Gasteiger partial charge >= 0.3 is 6.18 Å². The molecule has 3 aromatic carbocycles. The van der Waals surface area contributed by atoms with E-state index >= 15 is 0 Å². The first-order valence-corrected chi connectivity index (χ1v) is 10.9. The normalized spacial score (nSPS) is 16.2. The third-order valence-electron chi connectivity index (χ3n) is 6.01. The lowest BCUT2D eigenvalue weighted by Crippen LogP contribution is -2.30. The summed E-state index contributed by atoms with van der Waals surface area (Å²) in [6.45, 7) is -0.310. The monoisotopic (exact) mass is 493 g/mol. The minimum atomic E-state index is -4.58. The number of rotatable bonds is 5. The molecule has 0 radical (unpaired) electrons. The van der Waals surface area contributed by atoms with Crippen molar-refractivity contribution in [3.63, 3.8) is 0 Å². The number of aliphatic hydroxyl groups excluding tert-OH is 1. The molecular formula is C27H18F3NO5. The molecule has 0 bridgehead atoms. The fourth-order valence-electron chi connectivity index (χ4n) is 4.32. The number of hydrogen-bond donors (Lipinski definition) is 2. The zero-order valence-corrected chi connectivity index (χ0v) is 18.5. The first-order valence-electron chi connectivity index (χ1n) is 10.9.